The Morgan fingerprint density at radius 2 is 1.62 bits per heavy atom. The van der Waals surface area contributed by atoms with Gasteiger partial charge in [0.1, 0.15) is 11.8 Å². The molecule has 29 heavy (non-hydrogen) atoms. The van der Waals surface area contributed by atoms with E-state index in [-0.39, 0.29) is 10.9 Å². The van der Waals surface area contributed by atoms with Crippen molar-refractivity contribution in [1.82, 2.24) is 10.0 Å². The molecule has 2 atom stereocenters. The van der Waals surface area contributed by atoms with Crippen molar-refractivity contribution in [2.24, 2.45) is 0 Å². The van der Waals surface area contributed by atoms with E-state index in [0.717, 1.165) is 5.56 Å². The van der Waals surface area contributed by atoms with Crippen LogP contribution >= 0.6 is 0 Å². The Hall–Kier alpha value is -2.91. The average molecular weight is 420 g/mol. The van der Waals surface area contributed by atoms with Gasteiger partial charge in [-0.2, -0.15) is 4.72 Å². The van der Waals surface area contributed by atoms with Crippen molar-refractivity contribution < 1.29 is 27.5 Å². The molecule has 1 unspecified atom stereocenters. The molecule has 0 aromatic heterocycles. The molecule has 0 saturated carbocycles. The molecule has 0 aliphatic heterocycles. The standard InChI is InChI=1S/C20H24N2O6S/c1-14(16-7-5-4-6-8-16)21-19(23)13-28-20(24)15(2)22-29(25,26)18-11-9-17(27-3)10-12-18/h4-12,14-15,22H,13H2,1-3H3,(H,21,23)/t14?,15-/m0/s1. The van der Waals surface area contributed by atoms with Crippen LogP contribution in [0.2, 0.25) is 0 Å². The number of carbonyl (C=O) groups excluding carboxylic acids is 2. The fourth-order valence-electron chi connectivity index (χ4n) is 2.47. The summed E-state index contributed by atoms with van der Waals surface area (Å²) < 4.78 is 36.8. The van der Waals surface area contributed by atoms with E-state index < -0.39 is 34.5 Å². The van der Waals surface area contributed by atoms with Gasteiger partial charge >= 0.3 is 5.97 Å². The number of methoxy groups -OCH3 is 1. The third-order valence-corrected chi connectivity index (χ3v) is 5.63. The number of nitrogens with one attached hydrogen (secondary N) is 2. The molecule has 9 heteroatoms. The number of carbonyl (C=O) groups is 2. The molecule has 0 radical (unpaired) electrons. The van der Waals surface area contributed by atoms with Gasteiger partial charge in [-0.25, -0.2) is 8.42 Å². The van der Waals surface area contributed by atoms with E-state index in [1.165, 1.54) is 38.3 Å². The van der Waals surface area contributed by atoms with Crippen LogP contribution in [0.25, 0.3) is 0 Å². The maximum atomic E-state index is 12.3. The zero-order valence-electron chi connectivity index (χ0n) is 16.4. The first-order chi connectivity index (χ1) is 13.7. The number of benzene rings is 2. The van der Waals surface area contributed by atoms with Gasteiger partial charge in [-0.3, -0.25) is 9.59 Å². The highest BCUT2D eigenvalue weighted by molar-refractivity contribution is 7.89. The first-order valence-corrected chi connectivity index (χ1v) is 10.4. The molecule has 2 aromatic carbocycles. The fraction of sp³-hybridized carbons (Fsp3) is 0.300. The molecular weight excluding hydrogens is 396 g/mol. The maximum Gasteiger partial charge on any atom is 0.324 e. The van der Waals surface area contributed by atoms with Crippen molar-refractivity contribution in [3.8, 4) is 5.75 Å². The van der Waals surface area contributed by atoms with Crippen LogP contribution in [0.4, 0.5) is 0 Å². The monoisotopic (exact) mass is 420 g/mol. The van der Waals surface area contributed by atoms with Gasteiger partial charge in [-0.1, -0.05) is 30.3 Å². The lowest BCUT2D eigenvalue weighted by molar-refractivity contribution is -0.149. The number of rotatable bonds is 9. The van der Waals surface area contributed by atoms with E-state index in [1.54, 1.807) is 6.92 Å². The molecular formula is C20H24N2O6S. The second-order valence-corrected chi connectivity index (χ2v) is 8.04. The first-order valence-electron chi connectivity index (χ1n) is 8.90. The van der Waals surface area contributed by atoms with Crippen LogP contribution in [0.1, 0.15) is 25.5 Å². The van der Waals surface area contributed by atoms with Crippen molar-refractivity contribution in [2.45, 2.75) is 30.8 Å². The van der Waals surface area contributed by atoms with Gasteiger partial charge in [-0.15, -0.1) is 0 Å². The summed E-state index contributed by atoms with van der Waals surface area (Å²) in [5, 5.41) is 2.71. The van der Waals surface area contributed by atoms with Crippen molar-refractivity contribution in [1.29, 1.82) is 0 Å². The normalized spacial score (nSPS) is 13.2. The molecule has 156 valence electrons. The Labute approximate surface area is 170 Å². The van der Waals surface area contributed by atoms with Crippen LogP contribution in [-0.2, 0) is 24.3 Å². The predicted octanol–water partition coefficient (Wildman–Crippen LogP) is 1.78. The third kappa shape index (κ3) is 6.58. The van der Waals surface area contributed by atoms with Gasteiger partial charge in [-0.05, 0) is 43.7 Å². The lowest BCUT2D eigenvalue weighted by Crippen LogP contribution is -2.41. The summed E-state index contributed by atoms with van der Waals surface area (Å²) in [6.45, 7) is 2.64. The highest BCUT2D eigenvalue weighted by atomic mass is 32.2. The van der Waals surface area contributed by atoms with Crippen molar-refractivity contribution in [2.75, 3.05) is 13.7 Å². The number of esters is 1. The Morgan fingerprint density at radius 3 is 2.21 bits per heavy atom. The summed E-state index contributed by atoms with van der Waals surface area (Å²) >= 11 is 0. The number of ether oxygens (including phenoxy) is 2. The van der Waals surface area contributed by atoms with Gasteiger partial charge in [0.05, 0.1) is 18.0 Å². The molecule has 0 saturated heterocycles. The summed E-state index contributed by atoms with van der Waals surface area (Å²) in [5.74, 6) is -0.836. The SMILES string of the molecule is COc1ccc(S(=O)(=O)N[C@@H](C)C(=O)OCC(=O)NC(C)c2ccccc2)cc1. The quantitative estimate of drug-likeness (QED) is 0.599. The van der Waals surface area contributed by atoms with E-state index in [4.69, 9.17) is 9.47 Å². The lowest BCUT2D eigenvalue weighted by atomic mass is 10.1. The smallest absolute Gasteiger partial charge is 0.324 e. The highest BCUT2D eigenvalue weighted by Gasteiger charge is 2.24. The molecule has 8 nitrogen and oxygen atoms in total. The lowest BCUT2D eigenvalue weighted by Gasteiger charge is -2.16. The van der Waals surface area contributed by atoms with Gasteiger partial charge in [0, 0.05) is 0 Å². The summed E-state index contributed by atoms with van der Waals surface area (Å²) in [4.78, 5) is 24.0. The summed E-state index contributed by atoms with van der Waals surface area (Å²) in [6.07, 6.45) is 0. The molecule has 0 heterocycles. The highest BCUT2D eigenvalue weighted by Crippen LogP contribution is 2.16. The molecule has 0 fully saturated rings. The van der Waals surface area contributed by atoms with E-state index in [9.17, 15) is 18.0 Å². The van der Waals surface area contributed by atoms with Crippen LogP contribution in [0.5, 0.6) is 5.75 Å². The topological polar surface area (TPSA) is 111 Å². The van der Waals surface area contributed by atoms with Gasteiger partial charge in [0.15, 0.2) is 6.61 Å². The molecule has 1 amide bonds. The second-order valence-electron chi connectivity index (χ2n) is 6.33. The Balaban J connectivity index is 1.85. The number of hydrogen-bond acceptors (Lipinski definition) is 6. The number of hydrogen-bond donors (Lipinski definition) is 2. The van der Waals surface area contributed by atoms with Crippen molar-refractivity contribution >= 4 is 21.9 Å². The predicted molar refractivity (Wildman–Crippen MR) is 107 cm³/mol. The van der Waals surface area contributed by atoms with E-state index >= 15 is 0 Å². The Bertz CT molecular complexity index is 929. The summed E-state index contributed by atoms with van der Waals surface area (Å²) in [7, 11) is -2.46. The van der Waals surface area contributed by atoms with Crippen LogP contribution in [-0.4, -0.2) is 40.1 Å². The molecule has 2 N–H and O–H groups in total. The van der Waals surface area contributed by atoms with Crippen LogP contribution in [0.15, 0.2) is 59.5 Å². The number of amides is 1. The largest absolute Gasteiger partial charge is 0.497 e. The zero-order chi connectivity index (χ0) is 21.4. The van der Waals surface area contributed by atoms with Gasteiger partial charge in [0.2, 0.25) is 10.0 Å². The summed E-state index contributed by atoms with van der Waals surface area (Å²) in [5.41, 5.74) is 0.910. The van der Waals surface area contributed by atoms with Crippen LogP contribution in [0.3, 0.4) is 0 Å². The average Bonchev–Trinajstić information content (AvgIpc) is 2.72. The minimum atomic E-state index is -3.93. The Kier molecular flexibility index (Phi) is 7.74. The van der Waals surface area contributed by atoms with Crippen LogP contribution < -0.4 is 14.8 Å². The number of sulfonamides is 1. The fourth-order valence-corrected chi connectivity index (χ4v) is 3.67. The van der Waals surface area contributed by atoms with E-state index in [2.05, 4.69) is 10.0 Å². The van der Waals surface area contributed by atoms with Crippen LogP contribution in [0, 0.1) is 0 Å². The van der Waals surface area contributed by atoms with E-state index in [1.807, 2.05) is 30.3 Å². The van der Waals surface area contributed by atoms with Crippen molar-refractivity contribution in [3.05, 3.63) is 60.2 Å². The molecule has 0 aliphatic rings. The van der Waals surface area contributed by atoms with Gasteiger partial charge in [0.25, 0.3) is 5.91 Å². The first kappa shape index (κ1) is 22.4. The molecule has 2 rings (SSSR count). The molecule has 0 bridgehead atoms. The third-order valence-electron chi connectivity index (χ3n) is 4.08. The minimum absolute atomic E-state index is 0.0209. The zero-order valence-corrected chi connectivity index (χ0v) is 17.2. The van der Waals surface area contributed by atoms with Gasteiger partial charge < -0.3 is 14.8 Å². The minimum Gasteiger partial charge on any atom is -0.497 e. The Morgan fingerprint density at radius 1 is 1.00 bits per heavy atom. The molecule has 2 aromatic rings. The molecule has 0 aliphatic carbocycles. The van der Waals surface area contributed by atoms with Crippen molar-refractivity contribution in [3.63, 3.8) is 0 Å². The summed E-state index contributed by atoms with van der Waals surface area (Å²) in [6, 6.07) is 13.6. The molecule has 0 spiro atoms. The van der Waals surface area contributed by atoms with E-state index in [0.29, 0.717) is 5.75 Å². The maximum absolute atomic E-state index is 12.3. The second kappa shape index (κ2) is 10.0.